The lowest BCUT2D eigenvalue weighted by molar-refractivity contribution is 0.114. The summed E-state index contributed by atoms with van der Waals surface area (Å²) >= 11 is 0. The number of rotatable bonds is 9. The van der Waals surface area contributed by atoms with Gasteiger partial charge in [-0.15, -0.1) is 24.0 Å². The summed E-state index contributed by atoms with van der Waals surface area (Å²) in [6, 6.07) is 13.2. The number of nitrogens with one attached hydrogen (secondary N) is 2. The predicted molar refractivity (Wildman–Crippen MR) is 127 cm³/mol. The van der Waals surface area contributed by atoms with Crippen molar-refractivity contribution in [3.63, 3.8) is 0 Å². The molecule has 0 saturated heterocycles. The van der Waals surface area contributed by atoms with E-state index in [1.807, 2.05) is 56.3 Å². The maximum atomic E-state index is 10.2. The van der Waals surface area contributed by atoms with Gasteiger partial charge in [-0.05, 0) is 43.7 Å². The molecule has 2 aromatic carbocycles. The highest BCUT2D eigenvalue weighted by molar-refractivity contribution is 14.0. The first kappa shape index (κ1) is 24.8. The molecule has 160 valence electrons. The van der Waals surface area contributed by atoms with Gasteiger partial charge in [0.05, 0.1) is 20.8 Å². The molecule has 1 atom stereocenters. The lowest BCUT2D eigenvalue weighted by Crippen LogP contribution is -2.32. The number of hydrogen-bond donors (Lipinski definition) is 3. The molecule has 0 bridgehead atoms. The Bertz CT molecular complexity index is 786. The molecule has 1 unspecified atom stereocenters. The van der Waals surface area contributed by atoms with E-state index in [0.29, 0.717) is 24.0 Å². The van der Waals surface area contributed by atoms with Crippen molar-refractivity contribution in [2.45, 2.75) is 20.0 Å². The number of aryl methyl sites for hydroxylation is 1. The zero-order valence-electron chi connectivity index (χ0n) is 17.3. The molecule has 0 aliphatic heterocycles. The minimum atomic E-state index is -0.721. The predicted octanol–water partition coefficient (Wildman–Crippen LogP) is 3.45. The van der Waals surface area contributed by atoms with Gasteiger partial charge in [0.2, 0.25) is 0 Å². The summed E-state index contributed by atoms with van der Waals surface area (Å²) in [5.74, 6) is 2.57. The van der Waals surface area contributed by atoms with Crippen LogP contribution in [0.5, 0.6) is 17.2 Å². The topological polar surface area (TPSA) is 84.3 Å². The van der Waals surface area contributed by atoms with Crippen LogP contribution in [0.2, 0.25) is 0 Å². The van der Waals surface area contributed by atoms with Gasteiger partial charge in [-0.3, -0.25) is 4.99 Å². The highest BCUT2D eigenvalue weighted by Crippen LogP contribution is 2.29. The zero-order chi connectivity index (χ0) is 20.4. The first-order valence-electron chi connectivity index (χ1n) is 9.20. The van der Waals surface area contributed by atoms with Crippen LogP contribution in [-0.4, -0.2) is 51.1 Å². The van der Waals surface area contributed by atoms with Crippen molar-refractivity contribution in [3.05, 3.63) is 48.0 Å². The SMILES string of the molecule is CCNC(=NCC(O)COc1cccc(C)c1)Nc1ccc(OC)c(OC)c1.I. The molecule has 0 amide bonds. The summed E-state index contributed by atoms with van der Waals surface area (Å²) in [5.41, 5.74) is 1.90. The number of anilines is 1. The van der Waals surface area contributed by atoms with Gasteiger partial charge in [0, 0.05) is 18.3 Å². The third-order valence-electron chi connectivity index (χ3n) is 3.88. The first-order valence-corrected chi connectivity index (χ1v) is 9.20. The first-order chi connectivity index (χ1) is 13.5. The number of methoxy groups -OCH3 is 2. The number of benzene rings is 2. The Balaban J connectivity index is 0.00000420. The Morgan fingerprint density at radius 1 is 1.10 bits per heavy atom. The molecule has 2 aromatic rings. The summed E-state index contributed by atoms with van der Waals surface area (Å²) in [6.45, 7) is 5.03. The maximum absolute atomic E-state index is 10.2. The average Bonchev–Trinajstić information content (AvgIpc) is 2.70. The van der Waals surface area contributed by atoms with E-state index in [4.69, 9.17) is 14.2 Å². The number of aliphatic hydroxyl groups is 1. The largest absolute Gasteiger partial charge is 0.493 e. The summed E-state index contributed by atoms with van der Waals surface area (Å²) in [7, 11) is 3.18. The van der Waals surface area contributed by atoms with Crippen LogP contribution in [0.3, 0.4) is 0 Å². The van der Waals surface area contributed by atoms with E-state index in [2.05, 4.69) is 15.6 Å². The van der Waals surface area contributed by atoms with E-state index < -0.39 is 6.10 Å². The van der Waals surface area contributed by atoms with Crippen molar-refractivity contribution in [3.8, 4) is 17.2 Å². The minimum absolute atomic E-state index is 0. The Morgan fingerprint density at radius 2 is 1.86 bits per heavy atom. The molecule has 0 heterocycles. The monoisotopic (exact) mass is 515 g/mol. The number of aliphatic imine (C=N–C) groups is 1. The molecule has 0 aliphatic rings. The van der Waals surface area contributed by atoms with Crippen molar-refractivity contribution < 1.29 is 19.3 Å². The Hall–Kier alpha value is -2.20. The fourth-order valence-corrected chi connectivity index (χ4v) is 2.50. The van der Waals surface area contributed by atoms with Crippen LogP contribution >= 0.6 is 24.0 Å². The van der Waals surface area contributed by atoms with Gasteiger partial charge < -0.3 is 30.0 Å². The number of nitrogens with zero attached hydrogens (tertiary/aromatic N) is 1. The number of guanidine groups is 1. The molecule has 3 N–H and O–H groups in total. The van der Waals surface area contributed by atoms with Gasteiger partial charge in [-0.1, -0.05) is 12.1 Å². The third-order valence-corrected chi connectivity index (χ3v) is 3.88. The Morgan fingerprint density at radius 3 is 2.52 bits per heavy atom. The lowest BCUT2D eigenvalue weighted by atomic mass is 10.2. The summed E-state index contributed by atoms with van der Waals surface area (Å²) < 4.78 is 16.2. The van der Waals surface area contributed by atoms with Crippen LogP contribution in [0.15, 0.2) is 47.5 Å². The standard InChI is InChI=1S/C21H29N3O4.HI/c1-5-22-21(24-16-9-10-19(26-3)20(12-16)27-4)23-13-17(25)14-28-18-8-6-7-15(2)11-18;/h6-12,17,25H,5,13-14H2,1-4H3,(H2,22,23,24);1H. The van der Waals surface area contributed by atoms with Gasteiger partial charge >= 0.3 is 0 Å². The van der Waals surface area contributed by atoms with Crippen molar-refractivity contribution in [2.24, 2.45) is 4.99 Å². The number of halogens is 1. The van der Waals surface area contributed by atoms with E-state index in [1.165, 1.54) is 0 Å². The summed E-state index contributed by atoms with van der Waals surface area (Å²) in [4.78, 5) is 4.43. The summed E-state index contributed by atoms with van der Waals surface area (Å²) in [6.07, 6.45) is -0.721. The highest BCUT2D eigenvalue weighted by Gasteiger charge is 2.08. The van der Waals surface area contributed by atoms with Crippen molar-refractivity contribution in [1.29, 1.82) is 0 Å². The average molecular weight is 515 g/mol. The van der Waals surface area contributed by atoms with Gasteiger partial charge in [0.15, 0.2) is 17.5 Å². The van der Waals surface area contributed by atoms with Gasteiger partial charge in [-0.25, -0.2) is 0 Å². The van der Waals surface area contributed by atoms with E-state index in [1.54, 1.807) is 14.2 Å². The molecule has 0 fully saturated rings. The van der Waals surface area contributed by atoms with Gasteiger partial charge in [0.25, 0.3) is 0 Å². The molecule has 29 heavy (non-hydrogen) atoms. The van der Waals surface area contributed by atoms with Crippen molar-refractivity contribution >= 4 is 35.6 Å². The molecule has 0 saturated carbocycles. The van der Waals surface area contributed by atoms with Crippen LogP contribution in [0.1, 0.15) is 12.5 Å². The number of ether oxygens (including phenoxy) is 3. The third kappa shape index (κ3) is 8.36. The maximum Gasteiger partial charge on any atom is 0.195 e. The van der Waals surface area contributed by atoms with Crippen LogP contribution in [0.25, 0.3) is 0 Å². The molecule has 7 nitrogen and oxygen atoms in total. The molecule has 2 rings (SSSR count). The van der Waals surface area contributed by atoms with Crippen LogP contribution < -0.4 is 24.8 Å². The fourth-order valence-electron chi connectivity index (χ4n) is 2.50. The molecule has 0 spiro atoms. The van der Waals surface area contributed by atoms with Gasteiger partial charge in [0.1, 0.15) is 18.5 Å². The second-order valence-corrected chi connectivity index (χ2v) is 6.20. The van der Waals surface area contributed by atoms with E-state index in [-0.39, 0.29) is 37.1 Å². The second-order valence-electron chi connectivity index (χ2n) is 6.20. The van der Waals surface area contributed by atoms with Crippen LogP contribution in [0, 0.1) is 6.92 Å². The lowest BCUT2D eigenvalue weighted by Gasteiger charge is -2.15. The smallest absolute Gasteiger partial charge is 0.195 e. The van der Waals surface area contributed by atoms with Crippen LogP contribution in [-0.2, 0) is 0 Å². The number of hydrogen-bond acceptors (Lipinski definition) is 5. The molecular weight excluding hydrogens is 485 g/mol. The van der Waals surface area contributed by atoms with E-state index >= 15 is 0 Å². The Labute approximate surface area is 189 Å². The Kier molecular flexibility index (Phi) is 11.2. The quantitative estimate of drug-likeness (QED) is 0.270. The van der Waals surface area contributed by atoms with Gasteiger partial charge in [-0.2, -0.15) is 0 Å². The van der Waals surface area contributed by atoms with Crippen LogP contribution in [0.4, 0.5) is 5.69 Å². The van der Waals surface area contributed by atoms with Crippen molar-refractivity contribution in [2.75, 3.05) is 39.2 Å². The van der Waals surface area contributed by atoms with Crippen molar-refractivity contribution in [1.82, 2.24) is 5.32 Å². The van der Waals surface area contributed by atoms with E-state index in [0.717, 1.165) is 17.0 Å². The number of aliphatic hydroxyl groups excluding tert-OH is 1. The zero-order valence-corrected chi connectivity index (χ0v) is 19.6. The highest BCUT2D eigenvalue weighted by atomic mass is 127. The summed E-state index contributed by atoms with van der Waals surface area (Å²) in [5, 5.41) is 16.5. The van der Waals surface area contributed by atoms with E-state index in [9.17, 15) is 5.11 Å². The molecule has 0 radical (unpaired) electrons. The fraction of sp³-hybridized carbons (Fsp3) is 0.381. The molecular formula is C21H30IN3O4. The molecule has 8 heteroatoms. The second kappa shape index (κ2) is 13.1. The normalized spacial score (nSPS) is 11.8. The molecule has 0 aliphatic carbocycles. The minimum Gasteiger partial charge on any atom is -0.493 e. The molecule has 0 aromatic heterocycles.